The Labute approximate surface area is 123 Å². The number of carbonyl (C=O) groups is 3. The molecule has 0 heterocycles. The van der Waals surface area contributed by atoms with E-state index in [1.54, 1.807) is 0 Å². The third kappa shape index (κ3) is 10.6. The molecule has 0 aliphatic rings. The number of carboxylic acids is 1. The number of urea groups is 1. The van der Waals surface area contributed by atoms with Gasteiger partial charge in [0.15, 0.2) is 0 Å². The minimum Gasteiger partial charge on any atom is -0.480 e. The van der Waals surface area contributed by atoms with Crippen molar-refractivity contribution in [3.63, 3.8) is 0 Å². The highest BCUT2D eigenvalue weighted by molar-refractivity contribution is 7.90. The van der Waals surface area contributed by atoms with E-state index in [2.05, 4.69) is 16.0 Å². The summed E-state index contributed by atoms with van der Waals surface area (Å²) in [5.74, 6) is -2.10. The Morgan fingerprint density at radius 3 is 2.29 bits per heavy atom. The van der Waals surface area contributed by atoms with Gasteiger partial charge in [-0.25, -0.2) is 18.0 Å². The first-order chi connectivity index (χ1) is 9.65. The lowest BCUT2D eigenvalue weighted by Crippen LogP contribution is -2.49. The summed E-state index contributed by atoms with van der Waals surface area (Å²) in [6.45, 7) is 2.07. The molecule has 0 aromatic heterocycles. The van der Waals surface area contributed by atoms with Crippen molar-refractivity contribution < 1.29 is 27.9 Å². The topological polar surface area (TPSA) is 142 Å². The number of carbonyl (C=O) groups excluding carboxylic acids is 2. The van der Waals surface area contributed by atoms with E-state index >= 15 is 0 Å². The number of aliphatic carboxylic acids is 1. The maximum Gasteiger partial charge on any atom is 0.326 e. The highest BCUT2D eigenvalue weighted by Crippen LogP contribution is 1.97. The third-order valence-electron chi connectivity index (χ3n) is 2.36. The summed E-state index contributed by atoms with van der Waals surface area (Å²) in [6, 6.07) is -2.18. The second-order valence-corrected chi connectivity index (χ2v) is 6.75. The number of hydrogen-bond donors (Lipinski definition) is 4. The van der Waals surface area contributed by atoms with Crippen LogP contribution in [0.4, 0.5) is 4.79 Å². The highest BCUT2D eigenvalue weighted by atomic mass is 32.2. The maximum absolute atomic E-state index is 11.4. The summed E-state index contributed by atoms with van der Waals surface area (Å²) >= 11 is 0. The summed E-state index contributed by atoms with van der Waals surface area (Å²) in [6.07, 6.45) is 1.48. The molecule has 4 N–H and O–H groups in total. The SMILES string of the molecule is CCCNC(=O)CNC(=O)NC(CCS(C)(=O)=O)C(=O)O. The van der Waals surface area contributed by atoms with Crippen LogP contribution in [0.15, 0.2) is 0 Å². The summed E-state index contributed by atoms with van der Waals surface area (Å²) in [5.41, 5.74) is 0. The lowest BCUT2D eigenvalue weighted by atomic mass is 10.2. The van der Waals surface area contributed by atoms with Crippen LogP contribution in [0.1, 0.15) is 19.8 Å². The molecule has 3 amide bonds. The number of amides is 3. The summed E-state index contributed by atoms with van der Waals surface area (Å²) in [4.78, 5) is 33.6. The molecule has 0 aromatic carbocycles. The highest BCUT2D eigenvalue weighted by Gasteiger charge is 2.21. The molecule has 10 heteroatoms. The zero-order chi connectivity index (χ0) is 16.5. The van der Waals surface area contributed by atoms with Crippen molar-refractivity contribution in [2.24, 2.45) is 0 Å². The van der Waals surface area contributed by atoms with Crippen molar-refractivity contribution in [1.82, 2.24) is 16.0 Å². The normalized spacial score (nSPS) is 12.3. The van der Waals surface area contributed by atoms with Crippen LogP contribution < -0.4 is 16.0 Å². The average molecular weight is 323 g/mol. The van der Waals surface area contributed by atoms with E-state index in [0.29, 0.717) is 6.54 Å². The molecule has 9 nitrogen and oxygen atoms in total. The Morgan fingerprint density at radius 2 is 1.81 bits per heavy atom. The summed E-state index contributed by atoms with van der Waals surface area (Å²) in [7, 11) is -3.32. The molecule has 0 saturated carbocycles. The molecule has 0 rings (SSSR count). The molecule has 0 bridgehead atoms. The van der Waals surface area contributed by atoms with Crippen molar-refractivity contribution in [2.45, 2.75) is 25.8 Å². The Balaban J connectivity index is 4.23. The van der Waals surface area contributed by atoms with Crippen molar-refractivity contribution in [2.75, 3.05) is 25.1 Å². The van der Waals surface area contributed by atoms with Gasteiger partial charge in [-0.1, -0.05) is 6.92 Å². The molecule has 122 valence electrons. The second kappa shape index (κ2) is 9.16. The molecule has 21 heavy (non-hydrogen) atoms. The first kappa shape index (κ1) is 19.2. The van der Waals surface area contributed by atoms with E-state index in [0.717, 1.165) is 12.7 Å². The monoisotopic (exact) mass is 323 g/mol. The van der Waals surface area contributed by atoms with E-state index in [1.807, 2.05) is 6.92 Å². The van der Waals surface area contributed by atoms with Crippen LogP contribution in [-0.2, 0) is 19.4 Å². The molecular formula is C11H21N3O6S. The molecule has 0 fully saturated rings. The van der Waals surface area contributed by atoms with Crippen LogP contribution in [0.5, 0.6) is 0 Å². The van der Waals surface area contributed by atoms with Gasteiger partial charge in [-0.3, -0.25) is 4.79 Å². The number of carboxylic acid groups (broad SMARTS) is 1. The van der Waals surface area contributed by atoms with Crippen LogP contribution in [0.25, 0.3) is 0 Å². The molecule has 0 radical (unpaired) electrons. The maximum atomic E-state index is 11.4. The van der Waals surface area contributed by atoms with Crippen LogP contribution in [0, 0.1) is 0 Å². The fourth-order valence-electron chi connectivity index (χ4n) is 1.29. The van der Waals surface area contributed by atoms with Crippen molar-refractivity contribution in [3.8, 4) is 0 Å². The predicted molar refractivity (Wildman–Crippen MR) is 75.6 cm³/mol. The summed E-state index contributed by atoms with van der Waals surface area (Å²) < 4.78 is 22.0. The fourth-order valence-corrected chi connectivity index (χ4v) is 1.95. The van der Waals surface area contributed by atoms with Gasteiger partial charge in [0.2, 0.25) is 5.91 Å². The van der Waals surface area contributed by atoms with Crippen LogP contribution in [0.3, 0.4) is 0 Å². The smallest absolute Gasteiger partial charge is 0.326 e. The van der Waals surface area contributed by atoms with E-state index < -0.39 is 33.8 Å². The van der Waals surface area contributed by atoms with Crippen LogP contribution >= 0.6 is 0 Å². The van der Waals surface area contributed by atoms with Gasteiger partial charge in [-0.2, -0.15) is 0 Å². The van der Waals surface area contributed by atoms with E-state index in [1.165, 1.54) is 0 Å². The zero-order valence-corrected chi connectivity index (χ0v) is 12.8. The molecule has 0 spiro atoms. The third-order valence-corrected chi connectivity index (χ3v) is 3.34. The Hall–Kier alpha value is -1.84. The molecule has 1 unspecified atom stereocenters. The summed E-state index contributed by atoms with van der Waals surface area (Å²) in [5, 5.41) is 15.7. The Bertz CT molecular complexity index is 476. The molecule has 1 atom stereocenters. The first-order valence-electron chi connectivity index (χ1n) is 6.37. The number of nitrogens with one attached hydrogen (secondary N) is 3. The van der Waals surface area contributed by atoms with Gasteiger partial charge in [0.25, 0.3) is 0 Å². The lowest BCUT2D eigenvalue weighted by molar-refractivity contribution is -0.139. The average Bonchev–Trinajstić information content (AvgIpc) is 2.37. The minimum absolute atomic E-state index is 0.246. The fraction of sp³-hybridized carbons (Fsp3) is 0.727. The van der Waals surface area contributed by atoms with Gasteiger partial charge >= 0.3 is 12.0 Å². The van der Waals surface area contributed by atoms with Gasteiger partial charge in [0.1, 0.15) is 15.9 Å². The minimum atomic E-state index is -3.32. The second-order valence-electron chi connectivity index (χ2n) is 4.49. The predicted octanol–water partition coefficient (Wildman–Crippen LogP) is -1.30. The Kier molecular flexibility index (Phi) is 8.36. The molecule has 0 saturated heterocycles. The largest absolute Gasteiger partial charge is 0.480 e. The van der Waals surface area contributed by atoms with Gasteiger partial charge in [0, 0.05) is 12.8 Å². The van der Waals surface area contributed by atoms with Crippen molar-refractivity contribution in [3.05, 3.63) is 0 Å². The van der Waals surface area contributed by atoms with Crippen LogP contribution in [-0.4, -0.2) is 62.6 Å². The van der Waals surface area contributed by atoms with E-state index in [9.17, 15) is 22.8 Å². The van der Waals surface area contributed by atoms with Gasteiger partial charge in [-0.15, -0.1) is 0 Å². The van der Waals surface area contributed by atoms with E-state index in [4.69, 9.17) is 5.11 Å². The number of sulfone groups is 1. The van der Waals surface area contributed by atoms with E-state index in [-0.39, 0.29) is 18.7 Å². The van der Waals surface area contributed by atoms with Crippen molar-refractivity contribution in [1.29, 1.82) is 0 Å². The number of rotatable bonds is 9. The standard InChI is InChI=1S/C11H21N3O6S/c1-3-5-12-9(15)7-13-11(18)14-8(10(16)17)4-6-21(2,19)20/h8H,3-7H2,1-2H3,(H,12,15)(H,16,17)(H2,13,14,18). The molecule has 0 aliphatic carbocycles. The number of hydrogen-bond acceptors (Lipinski definition) is 5. The molecule has 0 aliphatic heterocycles. The lowest BCUT2D eigenvalue weighted by Gasteiger charge is -2.14. The molecule has 0 aromatic rings. The van der Waals surface area contributed by atoms with Crippen LogP contribution in [0.2, 0.25) is 0 Å². The van der Waals surface area contributed by atoms with Gasteiger partial charge < -0.3 is 21.1 Å². The Morgan fingerprint density at radius 1 is 1.19 bits per heavy atom. The zero-order valence-electron chi connectivity index (χ0n) is 12.0. The van der Waals surface area contributed by atoms with Gasteiger partial charge in [-0.05, 0) is 12.8 Å². The quantitative estimate of drug-likeness (QED) is 0.415. The molecular weight excluding hydrogens is 302 g/mol. The van der Waals surface area contributed by atoms with Gasteiger partial charge in [0.05, 0.1) is 12.3 Å². The first-order valence-corrected chi connectivity index (χ1v) is 8.43. The van der Waals surface area contributed by atoms with Crippen molar-refractivity contribution >= 4 is 27.7 Å².